The third-order valence-corrected chi connectivity index (χ3v) is 5.92. The summed E-state index contributed by atoms with van der Waals surface area (Å²) in [6.07, 6.45) is 1.27. The van der Waals surface area contributed by atoms with Gasteiger partial charge < -0.3 is 4.90 Å². The van der Waals surface area contributed by atoms with Crippen molar-refractivity contribution in [2.45, 2.75) is 24.7 Å². The number of aryl methyl sites for hydroxylation is 1. The lowest BCUT2D eigenvalue weighted by molar-refractivity contribution is -0.385. The predicted molar refractivity (Wildman–Crippen MR) is 83.3 cm³/mol. The molecule has 22 heavy (non-hydrogen) atoms. The van der Waals surface area contributed by atoms with E-state index in [0.29, 0.717) is 31.6 Å². The average molecular weight is 327 g/mol. The van der Waals surface area contributed by atoms with Gasteiger partial charge >= 0.3 is 0 Å². The van der Waals surface area contributed by atoms with Gasteiger partial charge in [-0.1, -0.05) is 13.0 Å². The van der Waals surface area contributed by atoms with Crippen molar-refractivity contribution in [1.82, 2.24) is 9.21 Å². The Bertz CT molecular complexity index is 660. The number of hydrogen-bond acceptors (Lipinski definition) is 5. The molecule has 0 bridgehead atoms. The Morgan fingerprint density at radius 1 is 1.23 bits per heavy atom. The van der Waals surface area contributed by atoms with Crippen molar-refractivity contribution in [1.29, 1.82) is 0 Å². The smallest absolute Gasteiger partial charge is 0.270 e. The fraction of sp³-hybridized carbons (Fsp3) is 0.571. The van der Waals surface area contributed by atoms with E-state index >= 15 is 0 Å². The average Bonchev–Trinajstić information content (AvgIpc) is 2.71. The molecule has 122 valence electrons. The molecule has 8 heteroatoms. The highest BCUT2D eigenvalue weighted by atomic mass is 32.2. The molecule has 0 aromatic heterocycles. The Kier molecular flexibility index (Phi) is 5.15. The van der Waals surface area contributed by atoms with Crippen LogP contribution in [0.5, 0.6) is 0 Å². The molecule has 1 fully saturated rings. The van der Waals surface area contributed by atoms with Gasteiger partial charge in [0, 0.05) is 31.8 Å². The molecule has 0 atom stereocenters. The molecule has 0 spiro atoms. The standard InChI is InChI=1S/C14H21N3O4S/c1-3-12-5-6-13(17(18)19)11-14(12)22(20,21)16-8-4-7-15(2)9-10-16/h5-6,11H,3-4,7-10H2,1-2H3. The highest BCUT2D eigenvalue weighted by Crippen LogP contribution is 2.26. The molecule has 0 radical (unpaired) electrons. The first-order valence-electron chi connectivity index (χ1n) is 7.32. The summed E-state index contributed by atoms with van der Waals surface area (Å²) in [6, 6.07) is 4.08. The molecule has 1 aromatic rings. The molecule has 2 rings (SSSR count). The van der Waals surface area contributed by atoms with E-state index in [-0.39, 0.29) is 10.6 Å². The highest BCUT2D eigenvalue weighted by Gasteiger charge is 2.29. The topological polar surface area (TPSA) is 83.8 Å². The third kappa shape index (κ3) is 3.45. The molecular formula is C14H21N3O4S. The van der Waals surface area contributed by atoms with Crippen molar-refractivity contribution in [3.05, 3.63) is 33.9 Å². The number of sulfonamides is 1. The number of nitro groups is 1. The van der Waals surface area contributed by atoms with E-state index < -0.39 is 14.9 Å². The molecule has 0 aliphatic carbocycles. The monoisotopic (exact) mass is 327 g/mol. The highest BCUT2D eigenvalue weighted by molar-refractivity contribution is 7.89. The first-order valence-corrected chi connectivity index (χ1v) is 8.76. The molecule has 1 aliphatic heterocycles. The lowest BCUT2D eigenvalue weighted by Crippen LogP contribution is -2.35. The predicted octanol–water partition coefficient (Wildman–Crippen LogP) is 1.48. The van der Waals surface area contributed by atoms with Crippen LogP contribution in [0.15, 0.2) is 23.1 Å². The van der Waals surface area contributed by atoms with Crippen molar-refractivity contribution in [2.24, 2.45) is 0 Å². The summed E-state index contributed by atoms with van der Waals surface area (Å²) in [6.45, 7) is 4.21. The molecule has 0 unspecified atom stereocenters. The van der Waals surface area contributed by atoms with E-state index in [4.69, 9.17) is 0 Å². The fourth-order valence-corrected chi connectivity index (χ4v) is 4.37. The Hall–Kier alpha value is -1.51. The van der Waals surface area contributed by atoms with Crippen molar-refractivity contribution >= 4 is 15.7 Å². The van der Waals surface area contributed by atoms with Crippen LogP contribution in [0.3, 0.4) is 0 Å². The van der Waals surface area contributed by atoms with Crippen LogP contribution in [0.1, 0.15) is 18.9 Å². The van der Waals surface area contributed by atoms with E-state index in [1.165, 1.54) is 22.5 Å². The van der Waals surface area contributed by atoms with Gasteiger partial charge in [-0.05, 0) is 32.0 Å². The second kappa shape index (κ2) is 6.72. The summed E-state index contributed by atoms with van der Waals surface area (Å²) in [7, 11) is -1.75. The quantitative estimate of drug-likeness (QED) is 0.618. The summed E-state index contributed by atoms with van der Waals surface area (Å²) < 4.78 is 27.2. The minimum Gasteiger partial charge on any atom is -0.305 e. The summed E-state index contributed by atoms with van der Waals surface area (Å²) in [5.74, 6) is 0. The number of benzene rings is 1. The van der Waals surface area contributed by atoms with E-state index in [0.717, 1.165) is 13.0 Å². The Balaban J connectivity index is 2.43. The second-order valence-corrected chi connectivity index (χ2v) is 7.37. The normalized spacial score (nSPS) is 18.1. The SMILES string of the molecule is CCc1ccc([N+](=O)[O-])cc1S(=O)(=O)N1CCCN(C)CC1. The molecule has 7 nitrogen and oxygen atoms in total. The van der Waals surface area contributed by atoms with Gasteiger partial charge in [0.05, 0.1) is 9.82 Å². The van der Waals surface area contributed by atoms with Gasteiger partial charge in [-0.3, -0.25) is 10.1 Å². The zero-order chi connectivity index (χ0) is 16.3. The number of likely N-dealkylation sites (N-methyl/N-ethyl adjacent to an activating group) is 1. The van der Waals surface area contributed by atoms with Crippen molar-refractivity contribution in [2.75, 3.05) is 33.2 Å². The van der Waals surface area contributed by atoms with Gasteiger partial charge in [0.2, 0.25) is 10.0 Å². The molecule has 0 saturated carbocycles. The van der Waals surface area contributed by atoms with Gasteiger partial charge in [0.1, 0.15) is 0 Å². The number of non-ortho nitro benzene ring substituents is 1. The minimum absolute atomic E-state index is 0.0637. The molecule has 1 aromatic carbocycles. The summed E-state index contributed by atoms with van der Waals surface area (Å²) in [5, 5.41) is 10.9. The number of nitrogens with zero attached hydrogens (tertiary/aromatic N) is 3. The fourth-order valence-electron chi connectivity index (χ4n) is 2.59. The van der Waals surface area contributed by atoms with Gasteiger partial charge in [0.15, 0.2) is 0 Å². The minimum atomic E-state index is -3.71. The molecular weight excluding hydrogens is 306 g/mol. The van der Waals surface area contributed by atoms with E-state index in [9.17, 15) is 18.5 Å². The van der Waals surface area contributed by atoms with Crippen LogP contribution < -0.4 is 0 Å². The van der Waals surface area contributed by atoms with Crippen LogP contribution in [0.2, 0.25) is 0 Å². The zero-order valence-electron chi connectivity index (χ0n) is 12.9. The number of hydrogen-bond donors (Lipinski definition) is 0. The molecule has 0 amide bonds. The Labute approximate surface area is 130 Å². The van der Waals surface area contributed by atoms with E-state index in [1.807, 2.05) is 14.0 Å². The number of nitro benzene ring substituents is 1. The first-order chi connectivity index (χ1) is 10.4. The Morgan fingerprint density at radius 3 is 2.59 bits per heavy atom. The maximum absolute atomic E-state index is 12.9. The third-order valence-electron chi connectivity index (χ3n) is 3.94. The van der Waals surface area contributed by atoms with Gasteiger partial charge in [-0.25, -0.2) is 8.42 Å². The van der Waals surface area contributed by atoms with Crippen molar-refractivity contribution < 1.29 is 13.3 Å². The van der Waals surface area contributed by atoms with E-state index in [2.05, 4.69) is 4.90 Å². The van der Waals surface area contributed by atoms with Gasteiger partial charge in [-0.15, -0.1) is 0 Å². The van der Waals surface area contributed by atoms with Crippen LogP contribution in [-0.2, 0) is 16.4 Å². The van der Waals surface area contributed by atoms with Crippen LogP contribution in [0.4, 0.5) is 5.69 Å². The summed E-state index contributed by atoms with van der Waals surface area (Å²) in [4.78, 5) is 12.5. The van der Waals surface area contributed by atoms with Gasteiger partial charge in [-0.2, -0.15) is 4.31 Å². The maximum Gasteiger partial charge on any atom is 0.270 e. The first kappa shape index (κ1) is 16.9. The molecule has 1 heterocycles. The van der Waals surface area contributed by atoms with Crippen LogP contribution in [-0.4, -0.2) is 55.8 Å². The van der Waals surface area contributed by atoms with E-state index in [1.54, 1.807) is 0 Å². The summed E-state index contributed by atoms with van der Waals surface area (Å²) >= 11 is 0. The van der Waals surface area contributed by atoms with Crippen molar-refractivity contribution in [3.8, 4) is 0 Å². The van der Waals surface area contributed by atoms with Gasteiger partial charge in [0.25, 0.3) is 5.69 Å². The van der Waals surface area contributed by atoms with Crippen LogP contribution >= 0.6 is 0 Å². The van der Waals surface area contributed by atoms with Crippen LogP contribution in [0.25, 0.3) is 0 Å². The van der Waals surface area contributed by atoms with Crippen molar-refractivity contribution in [3.63, 3.8) is 0 Å². The van der Waals surface area contributed by atoms with Crippen LogP contribution in [0, 0.1) is 10.1 Å². The molecule has 1 aliphatic rings. The lowest BCUT2D eigenvalue weighted by atomic mass is 10.1. The lowest BCUT2D eigenvalue weighted by Gasteiger charge is -2.21. The second-order valence-electron chi connectivity index (χ2n) is 5.46. The number of rotatable bonds is 4. The maximum atomic E-state index is 12.9. The Morgan fingerprint density at radius 2 is 1.95 bits per heavy atom. The zero-order valence-corrected chi connectivity index (χ0v) is 13.7. The summed E-state index contributed by atoms with van der Waals surface area (Å²) in [5.41, 5.74) is 0.422. The molecule has 0 N–H and O–H groups in total. The largest absolute Gasteiger partial charge is 0.305 e. The molecule has 1 saturated heterocycles.